The summed E-state index contributed by atoms with van der Waals surface area (Å²) in [6.07, 6.45) is 2.53. The first kappa shape index (κ1) is 37.4. The fourth-order valence-electron chi connectivity index (χ4n) is 7.00. The number of aromatic nitrogens is 2. The number of aryl methyl sites for hydroxylation is 2. The largest absolute Gasteiger partial charge is 0.475 e. The van der Waals surface area contributed by atoms with Crippen molar-refractivity contribution in [2.45, 2.75) is 117 Å². The van der Waals surface area contributed by atoms with Crippen LogP contribution >= 0.6 is 10.8 Å². The van der Waals surface area contributed by atoms with E-state index in [2.05, 4.69) is 42.7 Å². The van der Waals surface area contributed by atoms with Gasteiger partial charge in [-0.1, -0.05) is 55.8 Å². The van der Waals surface area contributed by atoms with Gasteiger partial charge < -0.3 is 19.7 Å². The second-order valence-electron chi connectivity index (χ2n) is 16.1. The molecule has 2 amide bonds. The molecule has 2 aromatic carbocycles. The van der Waals surface area contributed by atoms with E-state index in [0.717, 1.165) is 36.0 Å². The van der Waals surface area contributed by atoms with E-state index in [9.17, 15) is 18.7 Å². The quantitative estimate of drug-likeness (QED) is 0.197. The van der Waals surface area contributed by atoms with Crippen LogP contribution < -0.4 is 14.8 Å². The molecule has 1 aliphatic heterocycles. The molecule has 1 fully saturated rings. The molecule has 1 saturated carbocycles. The van der Waals surface area contributed by atoms with E-state index in [1.807, 2.05) is 57.7 Å². The predicted octanol–water partition coefficient (Wildman–Crippen LogP) is 9.11. The first-order valence-corrected chi connectivity index (χ1v) is 18.9. The van der Waals surface area contributed by atoms with Gasteiger partial charge in [0, 0.05) is 32.1 Å². The lowest BCUT2D eigenvalue weighted by atomic mass is 9.76. The number of rotatable bonds is 6. The van der Waals surface area contributed by atoms with E-state index < -0.39 is 22.5 Å². The van der Waals surface area contributed by atoms with Crippen LogP contribution in [0.15, 0.2) is 53.4 Å². The Morgan fingerprint density at radius 2 is 1.74 bits per heavy atom. The molecule has 0 saturated heterocycles. The Kier molecular flexibility index (Phi) is 10.8. The smallest absolute Gasteiger partial charge is 0.407 e. The Hall–Kier alpha value is -3.87. The van der Waals surface area contributed by atoms with Crippen LogP contribution in [0.5, 0.6) is 5.88 Å². The van der Waals surface area contributed by atoms with Gasteiger partial charge in [-0.3, -0.25) is 13.9 Å². The molecule has 11 nitrogen and oxygen atoms in total. The van der Waals surface area contributed by atoms with Crippen molar-refractivity contribution in [3.8, 4) is 17.1 Å². The number of amides is 2. The molecule has 3 aromatic rings. The molecule has 0 unspecified atom stereocenters. The van der Waals surface area contributed by atoms with Crippen molar-refractivity contribution in [1.82, 2.24) is 20.2 Å². The van der Waals surface area contributed by atoms with Gasteiger partial charge in [0.1, 0.15) is 12.2 Å². The van der Waals surface area contributed by atoms with Crippen LogP contribution in [0.2, 0.25) is 0 Å². The lowest BCUT2D eigenvalue weighted by Crippen LogP contribution is -2.52. The van der Waals surface area contributed by atoms with Crippen molar-refractivity contribution in [2.75, 3.05) is 11.3 Å². The van der Waals surface area contributed by atoms with Gasteiger partial charge in [-0.15, -0.1) is 0 Å². The summed E-state index contributed by atoms with van der Waals surface area (Å²) >= 11 is 0. The Morgan fingerprint density at radius 3 is 2.38 bits per heavy atom. The van der Waals surface area contributed by atoms with Gasteiger partial charge >= 0.3 is 6.09 Å². The highest BCUT2D eigenvalue weighted by Crippen LogP contribution is 2.48. The predicted molar refractivity (Wildman–Crippen MR) is 202 cm³/mol. The first-order valence-electron chi connectivity index (χ1n) is 17.3. The summed E-state index contributed by atoms with van der Waals surface area (Å²) in [7, 11) is -3.67. The van der Waals surface area contributed by atoms with E-state index in [1.165, 1.54) is 6.07 Å². The lowest BCUT2D eigenvalue weighted by molar-refractivity contribution is 0.0312. The van der Waals surface area contributed by atoms with E-state index in [-0.39, 0.29) is 55.6 Å². The van der Waals surface area contributed by atoms with Gasteiger partial charge in [0.2, 0.25) is 11.8 Å². The molecule has 2 heterocycles. The molecule has 4 bridgehead atoms. The number of carbonyl (C=O) groups excluding carboxylic acids is 2. The molecular formula is C38H57N5O6S. The molecule has 0 spiro atoms. The number of nitrogens with zero attached hydrogens (tertiary/aromatic N) is 3. The van der Waals surface area contributed by atoms with Crippen LogP contribution in [0, 0.1) is 25.2 Å². The van der Waals surface area contributed by atoms with Gasteiger partial charge in [-0.25, -0.2) is 14.5 Å². The fraction of sp³-hybridized carbons (Fsp3) is 0.526. The Bertz CT molecular complexity index is 1700. The number of ether oxygens (including phenoxy) is 2. The Balaban J connectivity index is 0.00000364. The number of fused-ring (bicyclic) bond motifs is 4. The maximum Gasteiger partial charge on any atom is 0.407 e. The molecule has 4 N–H and O–H groups in total. The van der Waals surface area contributed by atoms with Gasteiger partial charge in [0.05, 0.1) is 16.6 Å². The SMILES string of the molecule is Cc1cccc(C)c1-c1cc2nc(n1)NS(O)(O)c1cccc(c1)C(=O)N([C@@H](C)CC1CC(NC(=O)OC(C)(C)C)C1)[C@H](CC(C)(C)C)CO2.[HH].[HH]. The van der Waals surface area contributed by atoms with E-state index in [1.54, 1.807) is 24.3 Å². The fourth-order valence-corrected chi connectivity index (χ4v) is 8.02. The zero-order valence-corrected chi connectivity index (χ0v) is 31.6. The number of benzene rings is 2. The van der Waals surface area contributed by atoms with Crippen LogP contribution in [0.1, 0.15) is 98.5 Å². The zero-order chi connectivity index (χ0) is 36.6. The lowest BCUT2D eigenvalue weighted by Gasteiger charge is -2.43. The normalized spacial score (nSPS) is 21.9. The topological polar surface area (TPSA) is 146 Å². The molecule has 1 aromatic heterocycles. The van der Waals surface area contributed by atoms with Crippen molar-refractivity contribution >= 4 is 28.7 Å². The van der Waals surface area contributed by atoms with Crippen molar-refractivity contribution < 1.29 is 31.0 Å². The second-order valence-corrected chi connectivity index (χ2v) is 17.8. The summed E-state index contributed by atoms with van der Waals surface area (Å²) in [5.41, 5.74) is 3.13. The van der Waals surface area contributed by atoms with Gasteiger partial charge in [0.25, 0.3) is 5.91 Å². The second kappa shape index (κ2) is 14.4. The number of hydrogen-bond donors (Lipinski definition) is 4. The first-order chi connectivity index (χ1) is 23.3. The average molecular weight is 712 g/mol. The summed E-state index contributed by atoms with van der Waals surface area (Å²) in [4.78, 5) is 38.3. The summed E-state index contributed by atoms with van der Waals surface area (Å²) < 4.78 is 37.4. The van der Waals surface area contributed by atoms with Crippen molar-refractivity contribution in [1.29, 1.82) is 0 Å². The highest BCUT2D eigenvalue weighted by molar-refractivity contribution is 8.25. The van der Waals surface area contributed by atoms with Crippen LogP contribution in [0.25, 0.3) is 11.3 Å². The minimum absolute atomic E-state index is 0. The van der Waals surface area contributed by atoms with Crippen LogP contribution in [0.3, 0.4) is 0 Å². The molecule has 276 valence electrons. The molecular weight excluding hydrogens is 655 g/mol. The van der Waals surface area contributed by atoms with Crippen molar-refractivity contribution in [2.24, 2.45) is 11.3 Å². The number of nitrogens with one attached hydrogen (secondary N) is 2. The Labute approximate surface area is 301 Å². The van der Waals surface area contributed by atoms with E-state index >= 15 is 0 Å². The van der Waals surface area contributed by atoms with Crippen LogP contribution in [0.4, 0.5) is 10.7 Å². The molecule has 50 heavy (non-hydrogen) atoms. The third-order valence-electron chi connectivity index (χ3n) is 9.09. The van der Waals surface area contributed by atoms with Crippen molar-refractivity contribution in [3.63, 3.8) is 0 Å². The highest BCUT2D eigenvalue weighted by Gasteiger charge is 2.38. The number of alkyl carbamates (subject to hydrolysis) is 1. The average Bonchev–Trinajstić information content (AvgIpc) is 2.96. The maximum absolute atomic E-state index is 14.6. The molecule has 1 aliphatic carbocycles. The minimum Gasteiger partial charge on any atom is -0.475 e. The van der Waals surface area contributed by atoms with Gasteiger partial charge in [-0.2, -0.15) is 4.98 Å². The molecule has 2 atom stereocenters. The zero-order valence-electron chi connectivity index (χ0n) is 30.7. The standard InChI is InChI=1S/C38H53N5O6S.2H2/c1-23-12-10-13-24(2)33(23)31-20-32-41-35(40-31)42-50(46,47)30-15-11-14-27(19-30)34(44)43(29(22-48-32)21-37(4,5)6)25(3)16-26-17-28(18-26)39-36(45)49-38(7,8)9;;/h10-15,19-20,25-26,28-29,46-47H,16-18,21-22H2,1-9H3,(H,39,45)(H,40,41,42);2*1H/t25-,26?,28?,29+;;/m0../s1. The highest BCUT2D eigenvalue weighted by atomic mass is 32.3. The molecule has 5 rings (SSSR count). The number of carbonyl (C=O) groups is 2. The van der Waals surface area contributed by atoms with Gasteiger partial charge in [0.15, 0.2) is 0 Å². The number of anilines is 1. The third-order valence-corrected chi connectivity index (χ3v) is 10.5. The summed E-state index contributed by atoms with van der Waals surface area (Å²) in [6, 6.07) is 13.7. The van der Waals surface area contributed by atoms with E-state index in [0.29, 0.717) is 23.6 Å². The van der Waals surface area contributed by atoms with Gasteiger partial charge in [-0.05, 0) is 108 Å². The minimum atomic E-state index is -3.67. The summed E-state index contributed by atoms with van der Waals surface area (Å²) in [5, 5.41) is 2.97. The number of hydrogen-bond acceptors (Lipinski definition) is 9. The summed E-state index contributed by atoms with van der Waals surface area (Å²) in [6.45, 7) is 18.2. The van der Waals surface area contributed by atoms with Crippen LogP contribution in [-0.4, -0.2) is 66.3 Å². The monoisotopic (exact) mass is 711 g/mol. The molecule has 12 heteroatoms. The summed E-state index contributed by atoms with van der Waals surface area (Å²) in [5.74, 6) is 0.345. The van der Waals surface area contributed by atoms with Crippen LogP contribution in [-0.2, 0) is 4.74 Å². The third kappa shape index (κ3) is 9.26. The molecule has 2 aliphatic rings. The maximum atomic E-state index is 14.6. The van der Waals surface area contributed by atoms with E-state index in [4.69, 9.17) is 14.5 Å². The molecule has 0 radical (unpaired) electrons. The Morgan fingerprint density at radius 1 is 1.08 bits per heavy atom. The van der Waals surface area contributed by atoms with Crippen molar-refractivity contribution in [3.05, 3.63) is 65.2 Å².